The Bertz CT molecular complexity index is 4840. The van der Waals surface area contributed by atoms with E-state index in [9.17, 15) is 0 Å². The zero-order valence-corrected chi connectivity index (χ0v) is 49.3. The molecule has 88 heavy (non-hydrogen) atoms. The maximum atomic E-state index is 2.60. The normalized spacial score (nSPS) is 15.2. The van der Waals surface area contributed by atoms with Crippen molar-refractivity contribution in [3.63, 3.8) is 0 Å². The van der Waals surface area contributed by atoms with Crippen LogP contribution in [-0.2, 0) is 10.8 Å². The molecule has 2 heterocycles. The first-order valence-electron chi connectivity index (χ1n) is 31.9. The molecule has 418 valence electrons. The summed E-state index contributed by atoms with van der Waals surface area (Å²) < 4.78 is 4.75. The van der Waals surface area contributed by atoms with Crippen LogP contribution in [0.5, 0.6) is 0 Å². The van der Waals surface area contributed by atoms with Gasteiger partial charge in [-0.05, 0) is 211 Å². The van der Waals surface area contributed by atoms with Gasteiger partial charge in [-0.1, -0.05) is 232 Å². The highest BCUT2D eigenvalue weighted by Crippen LogP contribution is 2.60. The van der Waals surface area contributed by atoms with Gasteiger partial charge in [0.25, 0.3) is 0 Å². The van der Waals surface area contributed by atoms with Gasteiger partial charge in [0.15, 0.2) is 0 Å². The second-order valence-electron chi connectivity index (χ2n) is 25.5. The van der Waals surface area contributed by atoms with E-state index in [2.05, 4.69) is 300 Å². The number of rotatable bonds is 9. The lowest BCUT2D eigenvalue weighted by Gasteiger charge is -2.28. The molecule has 0 radical (unpaired) electrons. The smallest absolute Gasteiger partial charge is 0.0541 e. The molecule has 0 bridgehead atoms. The van der Waals surface area contributed by atoms with Crippen molar-refractivity contribution < 1.29 is 0 Å². The molecule has 0 saturated heterocycles. The van der Waals surface area contributed by atoms with Crippen LogP contribution in [0.3, 0.4) is 0 Å². The van der Waals surface area contributed by atoms with E-state index in [1.54, 1.807) is 0 Å². The van der Waals surface area contributed by atoms with Crippen LogP contribution >= 0.6 is 0 Å². The van der Waals surface area contributed by atoms with Crippen molar-refractivity contribution in [1.29, 1.82) is 0 Å². The van der Waals surface area contributed by atoms with Gasteiger partial charge in [0.2, 0.25) is 0 Å². The van der Waals surface area contributed by atoms with E-state index in [4.69, 9.17) is 0 Å². The summed E-state index contributed by atoms with van der Waals surface area (Å²) in [6, 6.07) is 101. The number of fused-ring (bicyclic) bond motifs is 16. The van der Waals surface area contributed by atoms with Crippen LogP contribution in [0.4, 0.5) is 0 Å². The minimum atomic E-state index is 0.0415. The first kappa shape index (κ1) is 51.0. The summed E-state index contributed by atoms with van der Waals surface area (Å²) in [5, 5.41) is 5.09. The van der Waals surface area contributed by atoms with Crippen molar-refractivity contribution in [2.45, 2.75) is 62.2 Å². The Morgan fingerprint density at radius 2 is 0.534 bits per heavy atom. The largest absolute Gasteiger partial charge is 0.309 e. The maximum absolute atomic E-state index is 2.60. The average molecular weight is 1130 g/mol. The lowest BCUT2D eigenvalue weighted by Crippen LogP contribution is -2.21. The van der Waals surface area contributed by atoms with Gasteiger partial charge in [-0.15, -0.1) is 0 Å². The Hall–Kier alpha value is -10.3. The third kappa shape index (κ3) is 8.01. The van der Waals surface area contributed by atoms with Crippen molar-refractivity contribution in [3.05, 3.63) is 311 Å². The van der Waals surface area contributed by atoms with Gasteiger partial charge in [-0.2, -0.15) is 0 Å². The number of hydrogen-bond acceptors (Lipinski definition) is 0. The van der Waals surface area contributed by atoms with E-state index in [0.29, 0.717) is 0 Å². The molecule has 18 rings (SSSR count). The summed E-state index contributed by atoms with van der Waals surface area (Å²) in [4.78, 5) is 0. The summed E-state index contributed by atoms with van der Waals surface area (Å²) in [6.07, 6.45) is 18.9. The summed E-state index contributed by atoms with van der Waals surface area (Å²) in [5.41, 5.74) is 31.8. The van der Waals surface area contributed by atoms with E-state index >= 15 is 0 Å². The van der Waals surface area contributed by atoms with Crippen molar-refractivity contribution in [2.24, 2.45) is 0 Å². The standard InChI is InChI=1S/C86H64N2/c1-3-15-67(16-4-1)87-81-21-9-7-19-73(81)75-51-59(31-45-83(75)87)25-23-57-27-33-61(34-28-57)63-37-41-69-71-43-39-65(55-79(71)85(77(69)53-63)47-11-12-48-85)66-40-44-72-70-42-38-64(54-78(70)86(80(72)56-66)49-13-14-50-86)62-35-29-58(30-36-62)24-26-60-32-46-84-76(52-60)74-20-8-10-22-82(74)88(84)68-17-5-2-6-18-68/h1-10,15-46,51-56H,11-14,47-50H2/b25-23+,26-24+. The molecule has 4 aliphatic rings. The molecule has 2 heteroatoms. The Labute approximate surface area is 514 Å². The van der Waals surface area contributed by atoms with Crippen LogP contribution in [0.1, 0.15) is 95.9 Å². The molecular weight excluding hydrogens is 1060 g/mol. The van der Waals surface area contributed by atoms with Crippen molar-refractivity contribution in [3.8, 4) is 67.0 Å². The topological polar surface area (TPSA) is 9.86 Å². The zero-order valence-electron chi connectivity index (χ0n) is 49.3. The maximum Gasteiger partial charge on any atom is 0.0541 e. The second kappa shape index (κ2) is 20.2. The average Bonchev–Trinajstić information content (AvgIpc) is 1.61. The molecule has 0 N–H and O–H groups in total. The molecule has 0 unspecified atom stereocenters. The number of nitrogens with zero attached hydrogens (tertiary/aromatic N) is 2. The fourth-order valence-electron chi connectivity index (χ4n) is 16.6. The van der Waals surface area contributed by atoms with E-state index in [1.807, 2.05) is 0 Å². The molecule has 14 aromatic rings. The van der Waals surface area contributed by atoms with Crippen LogP contribution in [0.15, 0.2) is 267 Å². The highest BCUT2D eigenvalue weighted by Gasteiger charge is 2.47. The van der Waals surface area contributed by atoms with Gasteiger partial charge < -0.3 is 9.13 Å². The highest BCUT2D eigenvalue weighted by molar-refractivity contribution is 6.11. The van der Waals surface area contributed by atoms with Gasteiger partial charge in [0, 0.05) is 43.7 Å². The van der Waals surface area contributed by atoms with Crippen molar-refractivity contribution >= 4 is 67.9 Å². The predicted molar refractivity (Wildman–Crippen MR) is 372 cm³/mol. The number of hydrogen-bond donors (Lipinski definition) is 0. The quantitative estimate of drug-likeness (QED) is 0.128. The fourth-order valence-corrected chi connectivity index (χ4v) is 16.6. The van der Waals surface area contributed by atoms with Crippen molar-refractivity contribution in [2.75, 3.05) is 0 Å². The number of aromatic nitrogens is 2. The second-order valence-corrected chi connectivity index (χ2v) is 25.5. The molecule has 0 amide bonds. The zero-order chi connectivity index (χ0) is 57.9. The van der Waals surface area contributed by atoms with Crippen LogP contribution in [0.25, 0.3) is 135 Å². The Morgan fingerprint density at radius 3 is 0.909 bits per heavy atom. The molecule has 2 fully saturated rings. The third-order valence-electron chi connectivity index (χ3n) is 20.8. The van der Waals surface area contributed by atoms with Crippen LogP contribution in [-0.4, -0.2) is 9.13 Å². The molecule has 0 aliphatic heterocycles. The molecule has 12 aromatic carbocycles. The van der Waals surface area contributed by atoms with E-state index in [1.165, 1.54) is 206 Å². The molecule has 2 spiro atoms. The molecule has 2 nitrogen and oxygen atoms in total. The SMILES string of the molecule is C(=C\c1ccc2c(c1)c1ccccc1n2-c1ccccc1)/c1ccc(-c2ccc3c(c2)C2(CCCC2)c2cc(-c4ccc5c(c4)C4(CCCC4)c4cc(-c6ccc(/C=C/c7ccc8c(c7)c7ccccc7n8-c7ccccc7)cc6)ccc4-5)ccc2-3)cc1. The first-order valence-corrected chi connectivity index (χ1v) is 31.9. The van der Waals surface area contributed by atoms with Gasteiger partial charge in [-0.3, -0.25) is 0 Å². The Balaban J connectivity index is 0.599. The van der Waals surface area contributed by atoms with E-state index in [-0.39, 0.29) is 10.8 Å². The van der Waals surface area contributed by atoms with Gasteiger partial charge in [0.05, 0.1) is 22.1 Å². The van der Waals surface area contributed by atoms with Crippen molar-refractivity contribution in [1.82, 2.24) is 9.13 Å². The number of para-hydroxylation sites is 4. The lowest BCUT2D eigenvalue weighted by atomic mass is 9.75. The van der Waals surface area contributed by atoms with Crippen LogP contribution in [0.2, 0.25) is 0 Å². The van der Waals surface area contributed by atoms with Gasteiger partial charge >= 0.3 is 0 Å². The predicted octanol–water partition coefficient (Wildman–Crippen LogP) is 22.9. The fraction of sp³-hybridized carbons (Fsp3) is 0.116. The molecule has 2 saturated carbocycles. The van der Waals surface area contributed by atoms with Gasteiger partial charge in [-0.25, -0.2) is 0 Å². The van der Waals surface area contributed by atoms with Crippen LogP contribution < -0.4 is 0 Å². The van der Waals surface area contributed by atoms with Gasteiger partial charge in [0.1, 0.15) is 0 Å². The molecule has 4 aliphatic carbocycles. The minimum Gasteiger partial charge on any atom is -0.309 e. The summed E-state index contributed by atoms with van der Waals surface area (Å²) in [6.45, 7) is 0. The first-order chi connectivity index (χ1) is 43.5. The minimum absolute atomic E-state index is 0.0415. The third-order valence-corrected chi connectivity index (χ3v) is 20.8. The monoisotopic (exact) mass is 1120 g/mol. The Morgan fingerprint density at radius 1 is 0.239 bits per heavy atom. The highest BCUT2D eigenvalue weighted by atomic mass is 15.0. The molecular formula is C86H64N2. The summed E-state index contributed by atoms with van der Waals surface area (Å²) >= 11 is 0. The summed E-state index contributed by atoms with van der Waals surface area (Å²) in [5.74, 6) is 0. The van der Waals surface area contributed by atoms with E-state index < -0.39 is 0 Å². The Kier molecular flexibility index (Phi) is 11.7. The van der Waals surface area contributed by atoms with E-state index in [0.717, 1.165) is 0 Å². The molecule has 0 atom stereocenters. The molecule has 2 aromatic heterocycles. The van der Waals surface area contributed by atoms with Crippen LogP contribution in [0, 0.1) is 0 Å². The summed E-state index contributed by atoms with van der Waals surface area (Å²) in [7, 11) is 0. The number of benzene rings is 12. The lowest BCUT2D eigenvalue weighted by molar-refractivity contribution is 0.549.